The summed E-state index contributed by atoms with van der Waals surface area (Å²) in [5.41, 5.74) is 9.34. The fraction of sp³-hybridized carbons (Fsp3) is 0.444. The van der Waals surface area contributed by atoms with Crippen LogP contribution in [0.15, 0.2) is 12.2 Å². The molecule has 96 valence electrons. The van der Waals surface area contributed by atoms with Gasteiger partial charge in [0, 0.05) is 12.1 Å². The molecule has 17 heavy (non-hydrogen) atoms. The fourth-order valence-electron chi connectivity index (χ4n) is 0.702. The predicted molar refractivity (Wildman–Crippen MR) is 59.2 cm³/mol. The van der Waals surface area contributed by atoms with Crippen LogP contribution < -0.4 is 21.9 Å². The first-order valence-corrected chi connectivity index (χ1v) is 4.83. The summed E-state index contributed by atoms with van der Waals surface area (Å²) < 4.78 is 4.64. The van der Waals surface area contributed by atoms with Crippen LogP contribution in [-0.2, 0) is 14.3 Å². The summed E-state index contributed by atoms with van der Waals surface area (Å²) in [6.45, 7) is 6.87. The molecule has 0 aromatic carbocycles. The van der Waals surface area contributed by atoms with E-state index in [0.717, 1.165) is 0 Å². The van der Waals surface area contributed by atoms with E-state index >= 15 is 0 Å². The van der Waals surface area contributed by atoms with Crippen molar-refractivity contribution >= 4 is 17.9 Å². The van der Waals surface area contributed by atoms with Gasteiger partial charge in [0.05, 0.1) is 0 Å². The van der Waals surface area contributed by atoms with Gasteiger partial charge in [0.1, 0.15) is 0 Å². The number of amides is 3. The maximum atomic E-state index is 11.1. The minimum absolute atomic E-state index is 0.107. The number of ether oxygens (including phenoxy) is 1. The summed E-state index contributed by atoms with van der Waals surface area (Å²) in [5, 5.41) is 2.39. The number of carbonyl (C=O) groups is 3. The van der Waals surface area contributed by atoms with Crippen LogP contribution in [0.4, 0.5) is 4.79 Å². The summed E-state index contributed by atoms with van der Waals surface area (Å²) >= 11 is 0. The molecule has 8 heteroatoms. The number of hydrogen-bond donors (Lipinski definition) is 4. The maximum Gasteiger partial charge on any atom is 0.335 e. The minimum atomic E-state index is -1.46. The van der Waals surface area contributed by atoms with Crippen molar-refractivity contribution in [2.75, 3.05) is 6.54 Å². The average molecular weight is 244 g/mol. The van der Waals surface area contributed by atoms with Crippen LogP contribution in [0.5, 0.6) is 0 Å². The molecule has 0 heterocycles. The first kappa shape index (κ1) is 14.9. The Morgan fingerprint density at radius 1 is 1.41 bits per heavy atom. The van der Waals surface area contributed by atoms with Crippen molar-refractivity contribution in [2.45, 2.75) is 20.1 Å². The third-order valence-electron chi connectivity index (χ3n) is 1.49. The molecule has 0 bridgehead atoms. The van der Waals surface area contributed by atoms with Crippen LogP contribution in [-0.4, -0.2) is 30.7 Å². The van der Waals surface area contributed by atoms with Gasteiger partial charge in [-0.3, -0.25) is 10.2 Å². The monoisotopic (exact) mass is 244 g/mol. The van der Waals surface area contributed by atoms with Gasteiger partial charge in [-0.25, -0.2) is 9.59 Å². The molecule has 0 aromatic rings. The Bertz CT molecular complexity index is 329. The van der Waals surface area contributed by atoms with Gasteiger partial charge in [-0.1, -0.05) is 6.58 Å². The molecule has 0 fully saturated rings. The Balaban J connectivity index is 4.26. The summed E-state index contributed by atoms with van der Waals surface area (Å²) in [7, 11) is 0. The van der Waals surface area contributed by atoms with Gasteiger partial charge in [0.15, 0.2) is 0 Å². The number of hydrogen-bond acceptors (Lipinski definition) is 5. The second-order valence-corrected chi connectivity index (χ2v) is 3.10. The van der Waals surface area contributed by atoms with Gasteiger partial charge < -0.3 is 15.8 Å². The molecule has 0 saturated carbocycles. The van der Waals surface area contributed by atoms with E-state index in [2.05, 4.69) is 27.5 Å². The van der Waals surface area contributed by atoms with E-state index in [0.29, 0.717) is 6.54 Å². The molecular formula is C9H16N4O4. The zero-order valence-corrected chi connectivity index (χ0v) is 9.70. The Morgan fingerprint density at radius 3 is 2.41 bits per heavy atom. The SMILES string of the molecule is C=C(C)C(=O)OC(NNC(=O)NCC)C(N)=O. The third kappa shape index (κ3) is 6.15. The number of rotatable bonds is 6. The van der Waals surface area contributed by atoms with E-state index < -0.39 is 24.1 Å². The number of hydrazine groups is 1. The molecule has 0 radical (unpaired) electrons. The number of urea groups is 1. The predicted octanol–water partition coefficient (Wildman–Crippen LogP) is -1.26. The number of primary amides is 1. The van der Waals surface area contributed by atoms with Gasteiger partial charge in [-0.05, 0) is 13.8 Å². The highest BCUT2D eigenvalue weighted by Gasteiger charge is 2.20. The maximum absolute atomic E-state index is 11.1. The summed E-state index contributed by atoms with van der Waals surface area (Å²) in [6.07, 6.45) is -1.46. The molecule has 5 N–H and O–H groups in total. The van der Waals surface area contributed by atoms with E-state index in [-0.39, 0.29) is 5.57 Å². The van der Waals surface area contributed by atoms with Crippen molar-refractivity contribution in [1.29, 1.82) is 0 Å². The number of nitrogens with two attached hydrogens (primary N) is 1. The van der Waals surface area contributed by atoms with Crippen molar-refractivity contribution < 1.29 is 19.1 Å². The first-order valence-electron chi connectivity index (χ1n) is 4.83. The smallest absolute Gasteiger partial charge is 0.335 e. The molecule has 0 rings (SSSR count). The van der Waals surface area contributed by atoms with E-state index in [1.807, 2.05) is 0 Å². The summed E-state index contributed by atoms with van der Waals surface area (Å²) in [6, 6.07) is -0.579. The Kier molecular flexibility index (Phi) is 6.34. The summed E-state index contributed by atoms with van der Waals surface area (Å²) in [5.74, 6) is -1.74. The molecular weight excluding hydrogens is 228 g/mol. The van der Waals surface area contributed by atoms with Crippen molar-refractivity contribution in [3.8, 4) is 0 Å². The largest absolute Gasteiger partial charge is 0.432 e. The molecule has 0 aromatic heterocycles. The van der Waals surface area contributed by atoms with Gasteiger partial charge in [0.2, 0.25) is 6.23 Å². The Hall–Kier alpha value is -2.09. The third-order valence-corrected chi connectivity index (χ3v) is 1.49. The molecule has 0 aliphatic heterocycles. The van der Waals surface area contributed by atoms with Crippen LogP contribution >= 0.6 is 0 Å². The van der Waals surface area contributed by atoms with Gasteiger partial charge >= 0.3 is 12.0 Å². The molecule has 0 aliphatic carbocycles. The van der Waals surface area contributed by atoms with Gasteiger partial charge in [0.25, 0.3) is 5.91 Å². The zero-order valence-electron chi connectivity index (χ0n) is 9.70. The van der Waals surface area contributed by atoms with Crippen LogP contribution in [0.1, 0.15) is 13.8 Å². The minimum Gasteiger partial charge on any atom is -0.432 e. The second-order valence-electron chi connectivity index (χ2n) is 3.10. The number of carbonyl (C=O) groups excluding carboxylic acids is 3. The van der Waals surface area contributed by atoms with E-state index in [1.165, 1.54) is 6.92 Å². The quantitative estimate of drug-likeness (QED) is 0.201. The van der Waals surface area contributed by atoms with Crippen molar-refractivity contribution in [2.24, 2.45) is 5.73 Å². The van der Waals surface area contributed by atoms with E-state index in [4.69, 9.17) is 5.73 Å². The molecule has 0 aliphatic rings. The van der Waals surface area contributed by atoms with Crippen molar-refractivity contribution in [1.82, 2.24) is 16.2 Å². The van der Waals surface area contributed by atoms with Crippen LogP contribution in [0, 0.1) is 0 Å². The average Bonchev–Trinajstić information content (AvgIpc) is 2.23. The van der Waals surface area contributed by atoms with Gasteiger partial charge in [-0.15, -0.1) is 0 Å². The van der Waals surface area contributed by atoms with Crippen LogP contribution in [0.25, 0.3) is 0 Å². The number of esters is 1. The molecule has 3 amide bonds. The van der Waals surface area contributed by atoms with E-state index in [9.17, 15) is 14.4 Å². The van der Waals surface area contributed by atoms with Crippen molar-refractivity contribution in [3.05, 3.63) is 12.2 Å². The lowest BCUT2D eigenvalue weighted by Crippen LogP contribution is -2.54. The topological polar surface area (TPSA) is 123 Å². The molecule has 0 saturated heterocycles. The zero-order chi connectivity index (χ0) is 13.4. The van der Waals surface area contributed by atoms with Gasteiger partial charge in [-0.2, -0.15) is 5.43 Å². The standard InChI is InChI=1S/C9H16N4O4/c1-4-11-9(16)13-12-7(6(10)14)17-8(15)5(2)3/h7,12H,2,4H2,1,3H3,(H2,10,14)(H2,11,13,16). The van der Waals surface area contributed by atoms with Crippen LogP contribution in [0.2, 0.25) is 0 Å². The molecule has 0 spiro atoms. The second kappa shape index (κ2) is 7.23. The lowest BCUT2D eigenvalue weighted by molar-refractivity contribution is -0.153. The van der Waals surface area contributed by atoms with Crippen LogP contribution in [0.3, 0.4) is 0 Å². The fourth-order valence-corrected chi connectivity index (χ4v) is 0.702. The first-order chi connectivity index (χ1) is 7.88. The summed E-state index contributed by atoms with van der Waals surface area (Å²) in [4.78, 5) is 33.0. The highest BCUT2D eigenvalue weighted by Crippen LogP contribution is 1.95. The number of nitrogens with one attached hydrogen (secondary N) is 3. The van der Waals surface area contributed by atoms with Crippen molar-refractivity contribution in [3.63, 3.8) is 0 Å². The lowest BCUT2D eigenvalue weighted by atomic mass is 10.4. The highest BCUT2D eigenvalue weighted by atomic mass is 16.6. The molecule has 1 atom stereocenters. The Labute approximate surface area is 98.5 Å². The van der Waals surface area contributed by atoms with E-state index in [1.54, 1.807) is 6.92 Å². The Morgan fingerprint density at radius 2 is 2.00 bits per heavy atom. The molecule has 8 nitrogen and oxygen atoms in total. The normalized spacial score (nSPS) is 11.2. The highest BCUT2D eigenvalue weighted by molar-refractivity contribution is 5.90. The molecule has 1 unspecified atom stereocenters. The lowest BCUT2D eigenvalue weighted by Gasteiger charge is -2.16.